The minimum atomic E-state index is -1.15. The lowest BCUT2D eigenvalue weighted by molar-refractivity contribution is -0.137. The molecule has 5 rings (SSSR count). The summed E-state index contributed by atoms with van der Waals surface area (Å²) >= 11 is 13.7. The summed E-state index contributed by atoms with van der Waals surface area (Å²) in [4.78, 5) is 35.7. The Hall–Kier alpha value is -4.36. The van der Waals surface area contributed by atoms with E-state index in [4.69, 9.17) is 38.8 Å². The van der Waals surface area contributed by atoms with Gasteiger partial charge in [-0.15, -0.1) is 0 Å². The molecule has 6 N–H and O–H groups in total. The molecule has 1 saturated heterocycles. The van der Waals surface area contributed by atoms with Crippen LogP contribution in [0.25, 0.3) is 22.5 Å². The number of carbonyl (C=O) groups is 2. The topological polar surface area (TPSA) is 164 Å². The number of ether oxygens (including phenoxy) is 1. The van der Waals surface area contributed by atoms with Crippen LogP contribution in [0.15, 0.2) is 54.9 Å². The predicted octanol–water partition coefficient (Wildman–Crippen LogP) is 5.25. The van der Waals surface area contributed by atoms with Crippen molar-refractivity contribution in [1.29, 1.82) is 0 Å². The number of hydrogen-bond donors (Lipinski definition) is 5. The van der Waals surface area contributed by atoms with Crippen molar-refractivity contribution in [1.82, 2.24) is 25.6 Å². The number of aliphatic carboxylic acids is 1. The highest BCUT2D eigenvalue weighted by Crippen LogP contribution is 2.41. The number of anilines is 2. The van der Waals surface area contributed by atoms with Gasteiger partial charge in [-0.3, -0.25) is 14.6 Å². The van der Waals surface area contributed by atoms with Crippen LogP contribution in [0.5, 0.6) is 5.88 Å². The van der Waals surface area contributed by atoms with E-state index in [1.54, 1.807) is 30.5 Å². The average molecular weight is 655 g/mol. The highest BCUT2D eigenvalue weighted by atomic mass is 35.5. The molecule has 1 fully saturated rings. The Morgan fingerprint density at radius 2 is 1.96 bits per heavy atom. The number of aromatic nitrogens is 3. The molecule has 3 aromatic heterocycles. The molecule has 0 spiro atoms. The molecule has 45 heavy (non-hydrogen) atoms. The second-order valence-corrected chi connectivity index (χ2v) is 11.1. The predicted molar refractivity (Wildman–Crippen MR) is 169 cm³/mol. The minimum absolute atomic E-state index is 0.00614. The van der Waals surface area contributed by atoms with Crippen LogP contribution >= 0.6 is 23.2 Å². The molecule has 4 heterocycles. The van der Waals surface area contributed by atoms with Crippen molar-refractivity contribution >= 4 is 46.6 Å². The number of nitrogens with two attached hydrogens (primary N) is 1. The van der Waals surface area contributed by atoms with Crippen LogP contribution in [-0.2, 0) is 16.1 Å². The third kappa shape index (κ3) is 7.31. The molecule has 0 unspecified atom stereocenters. The highest BCUT2D eigenvalue weighted by molar-refractivity contribution is 6.39. The Morgan fingerprint density at radius 1 is 1.16 bits per heavy atom. The van der Waals surface area contributed by atoms with E-state index in [9.17, 15) is 9.59 Å². The molecule has 1 aliphatic heterocycles. The van der Waals surface area contributed by atoms with E-state index >= 15 is 4.39 Å². The second kappa shape index (κ2) is 14.2. The fourth-order valence-corrected chi connectivity index (χ4v) is 5.61. The molecule has 1 aliphatic rings. The second-order valence-electron chi connectivity index (χ2n) is 10.4. The normalized spacial score (nSPS) is 15.0. The zero-order valence-electron chi connectivity index (χ0n) is 24.1. The first-order valence-electron chi connectivity index (χ1n) is 14.0. The molecule has 1 amide bonds. The van der Waals surface area contributed by atoms with Gasteiger partial charge in [-0.25, -0.2) is 14.4 Å². The fourth-order valence-electron chi connectivity index (χ4n) is 5.04. The van der Waals surface area contributed by atoms with Crippen LogP contribution in [0.3, 0.4) is 0 Å². The molecule has 1 aromatic carbocycles. The van der Waals surface area contributed by atoms with Crippen LogP contribution in [0.4, 0.5) is 15.9 Å². The molecule has 0 radical (unpaired) electrons. The van der Waals surface area contributed by atoms with Gasteiger partial charge in [0.1, 0.15) is 0 Å². The van der Waals surface area contributed by atoms with Crippen molar-refractivity contribution in [2.45, 2.75) is 37.9 Å². The number of nitrogens with zero attached hydrogens (tertiary/aromatic N) is 3. The van der Waals surface area contributed by atoms with E-state index in [1.807, 2.05) is 12.1 Å². The van der Waals surface area contributed by atoms with Gasteiger partial charge in [0.05, 0.1) is 40.7 Å². The number of benzene rings is 1. The SMILES string of the molecule is COc1nc(-c2ccnc(-c3cccc(Nc4nccc([C@@H](N)CC(=O)O)c4F)c3Cl)c2Cl)ccc1CNC[C@H]1CCC(=O)N1. The summed E-state index contributed by atoms with van der Waals surface area (Å²) in [5.41, 5.74) is 9.05. The van der Waals surface area contributed by atoms with Gasteiger partial charge in [-0.2, -0.15) is 0 Å². The first kappa shape index (κ1) is 32.0. The lowest BCUT2D eigenvalue weighted by Gasteiger charge is -2.16. The van der Waals surface area contributed by atoms with Gasteiger partial charge in [-0.05, 0) is 30.7 Å². The van der Waals surface area contributed by atoms with Crippen LogP contribution < -0.4 is 26.4 Å². The Balaban J connectivity index is 1.38. The van der Waals surface area contributed by atoms with Gasteiger partial charge in [0.25, 0.3) is 0 Å². The van der Waals surface area contributed by atoms with Crippen molar-refractivity contribution in [2.75, 3.05) is 19.0 Å². The third-order valence-electron chi connectivity index (χ3n) is 7.31. The first-order valence-corrected chi connectivity index (χ1v) is 14.8. The Kier molecular flexibility index (Phi) is 10.1. The Bertz CT molecular complexity index is 1740. The molecule has 4 aromatic rings. The minimum Gasteiger partial charge on any atom is -0.481 e. The molecule has 11 nitrogen and oxygen atoms in total. The van der Waals surface area contributed by atoms with Gasteiger partial charge in [0.15, 0.2) is 11.6 Å². The Morgan fingerprint density at radius 3 is 2.69 bits per heavy atom. The summed E-state index contributed by atoms with van der Waals surface area (Å²) in [6.07, 6.45) is 3.82. The quantitative estimate of drug-likeness (QED) is 0.136. The molecular weight excluding hydrogens is 624 g/mol. The van der Waals surface area contributed by atoms with Crippen molar-refractivity contribution < 1.29 is 23.8 Å². The van der Waals surface area contributed by atoms with E-state index in [-0.39, 0.29) is 28.4 Å². The summed E-state index contributed by atoms with van der Waals surface area (Å²) in [6.45, 7) is 1.13. The number of halogens is 3. The average Bonchev–Trinajstić information content (AvgIpc) is 3.44. The summed E-state index contributed by atoms with van der Waals surface area (Å²) in [5.74, 6) is -1.61. The van der Waals surface area contributed by atoms with E-state index in [1.165, 1.54) is 19.4 Å². The van der Waals surface area contributed by atoms with Gasteiger partial charge >= 0.3 is 5.97 Å². The van der Waals surface area contributed by atoms with Crippen LogP contribution in [0.1, 0.15) is 36.4 Å². The molecule has 14 heteroatoms. The van der Waals surface area contributed by atoms with Gasteiger partial charge in [0, 0.05) is 66.2 Å². The van der Waals surface area contributed by atoms with E-state index in [2.05, 4.69) is 30.9 Å². The number of carboxylic acid groups (broad SMARTS) is 1. The zero-order valence-corrected chi connectivity index (χ0v) is 25.6. The van der Waals surface area contributed by atoms with Crippen molar-refractivity contribution in [3.63, 3.8) is 0 Å². The number of methoxy groups -OCH3 is 1. The number of hydrogen-bond acceptors (Lipinski definition) is 9. The largest absolute Gasteiger partial charge is 0.481 e. The van der Waals surface area contributed by atoms with Crippen molar-refractivity contribution in [2.24, 2.45) is 5.73 Å². The summed E-state index contributed by atoms with van der Waals surface area (Å²) in [7, 11) is 1.54. The zero-order chi connectivity index (χ0) is 32.1. The number of carbonyl (C=O) groups excluding carboxylic acids is 1. The molecule has 0 aliphatic carbocycles. The molecular formula is C31H30Cl2FN7O4. The number of amides is 1. The Labute approximate surface area is 268 Å². The van der Waals surface area contributed by atoms with Gasteiger partial charge < -0.3 is 31.5 Å². The van der Waals surface area contributed by atoms with Crippen molar-refractivity contribution in [3.8, 4) is 28.4 Å². The van der Waals surface area contributed by atoms with Crippen molar-refractivity contribution in [3.05, 3.63) is 81.8 Å². The molecule has 0 saturated carbocycles. The standard InChI is InChI=1S/C31H30Cl2FN7O4/c1-45-31-16(14-36-15-17-6-8-24(42)39-17)5-7-22(41-31)19-10-11-37-29(27(19)33)20-3-2-4-23(26(20)32)40-30-28(34)18(9-12-38-30)21(35)13-25(43)44/h2-5,7,9-12,17,21,36H,6,8,13-15,35H2,1H3,(H,38,40)(H,39,42)(H,43,44)/t17-,21+/m1/s1. The number of carboxylic acids is 1. The van der Waals surface area contributed by atoms with E-state index in [0.29, 0.717) is 58.6 Å². The summed E-state index contributed by atoms with van der Waals surface area (Å²) in [6, 6.07) is 10.9. The highest BCUT2D eigenvalue weighted by Gasteiger charge is 2.22. The number of rotatable bonds is 12. The number of pyridine rings is 3. The third-order valence-corrected chi connectivity index (χ3v) is 8.10. The monoisotopic (exact) mass is 653 g/mol. The van der Waals surface area contributed by atoms with E-state index < -0.39 is 24.2 Å². The lowest BCUT2D eigenvalue weighted by Crippen LogP contribution is -2.35. The van der Waals surface area contributed by atoms with Crippen LogP contribution in [0, 0.1) is 5.82 Å². The summed E-state index contributed by atoms with van der Waals surface area (Å²) < 4.78 is 20.8. The van der Waals surface area contributed by atoms with E-state index in [0.717, 1.165) is 12.0 Å². The van der Waals surface area contributed by atoms with Gasteiger partial charge in [-0.1, -0.05) is 41.4 Å². The number of nitrogens with one attached hydrogen (secondary N) is 3. The van der Waals surface area contributed by atoms with Gasteiger partial charge in [0.2, 0.25) is 11.8 Å². The molecule has 2 atom stereocenters. The molecule has 0 bridgehead atoms. The lowest BCUT2D eigenvalue weighted by atomic mass is 10.0. The fraction of sp³-hybridized carbons (Fsp3) is 0.258. The van der Waals surface area contributed by atoms with Crippen LogP contribution in [-0.4, -0.2) is 51.6 Å². The van der Waals surface area contributed by atoms with Crippen LogP contribution in [0.2, 0.25) is 10.0 Å². The smallest absolute Gasteiger partial charge is 0.305 e. The maximum atomic E-state index is 15.3. The maximum Gasteiger partial charge on any atom is 0.305 e. The first-order chi connectivity index (χ1) is 21.7. The maximum absolute atomic E-state index is 15.3. The summed E-state index contributed by atoms with van der Waals surface area (Å²) in [5, 5.41) is 18.7. The molecule has 234 valence electrons.